The Kier molecular flexibility index (Phi) is 3.59. The normalized spacial score (nSPS) is 13.4. The van der Waals surface area contributed by atoms with Crippen LogP contribution < -0.4 is 0 Å². The maximum Gasteiger partial charge on any atom is -0.0231 e. The second kappa shape index (κ2) is 3.71. The van der Waals surface area contributed by atoms with Crippen molar-refractivity contribution in [3.8, 4) is 0 Å². The molecule has 0 aromatic carbocycles. The molecule has 0 saturated carbocycles. The van der Waals surface area contributed by atoms with E-state index >= 15 is 0 Å². The van der Waals surface area contributed by atoms with Crippen LogP contribution in [0.3, 0.4) is 0 Å². The minimum absolute atomic E-state index is 0.611. The van der Waals surface area contributed by atoms with Crippen LogP contribution >= 0.6 is 0 Å². The van der Waals surface area contributed by atoms with E-state index in [-0.39, 0.29) is 0 Å². The van der Waals surface area contributed by atoms with E-state index in [4.69, 9.17) is 6.58 Å². The SMILES string of the molecule is [CH]=C(CC)C(C)CC. The van der Waals surface area contributed by atoms with Gasteiger partial charge in [0.25, 0.3) is 0 Å². The lowest BCUT2D eigenvalue weighted by Gasteiger charge is -2.07. The van der Waals surface area contributed by atoms with E-state index in [1.165, 1.54) is 6.42 Å². The fraction of sp³-hybridized carbons (Fsp3) is 0.750. The minimum Gasteiger partial charge on any atom is -0.0677 e. The standard InChI is InChI=1S/C8H15/c1-5-7(3)8(4)6-2/h3,8H,5-6H2,1-2,4H3. The summed E-state index contributed by atoms with van der Waals surface area (Å²) in [6.07, 6.45) is 2.19. The highest BCUT2D eigenvalue weighted by Crippen LogP contribution is 2.13. The molecule has 0 aliphatic carbocycles. The van der Waals surface area contributed by atoms with Gasteiger partial charge in [0.1, 0.15) is 0 Å². The summed E-state index contributed by atoms with van der Waals surface area (Å²) >= 11 is 0. The van der Waals surface area contributed by atoms with Gasteiger partial charge in [-0.2, -0.15) is 0 Å². The Morgan fingerprint density at radius 3 is 2.12 bits per heavy atom. The molecule has 47 valence electrons. The van der Waals surface area contributed by atoms with E-state index < -0.39 is 0 Å². The van der Waals surface area contributed by atoms with Crippen molar-refractivity contribution in [1.82, 2.24) is 0 Å². The van der Waals surface area contributed by atoms with Crippen LogP contribution in [0.25, 0.3) is 0 Å². The van der Waals surface area contributed by atoms with Gasteiger partial charge in [-0.3, -0.25) is 0 Å². The second-order valence-corrected chi connectivity index (χ2v) is 2.24. The van der Waals surface area contributed by atoms with Crippen LogP contribution in [0.5, 0.6) is 0 Å². The van der Waals surface area contributed by atoms with Crippen LogP contribution in [0, 0.1) is 12.5 Å². The van der Waals surface area contributed by atoms with E-state index in [2.05, 4.69) is 20.8 Å². The summed E-state index contributed by atoms with van der Waals surface area (Å²) in [5, 5.41) is 0. The Hall–Kier alpha value is -0.260. The molecule has 0 rings (SSSR count). The molecule has 0 aromatic heterocycles. The largest absolute Gasteiger partial charge is 0.0677 e. The molecule has 0 bridgehead atoms. The zero-order valence-electron chi connectivity index (χ0n) is 6.07. The fourth-order valence-corrected chi connectivity index (χ4v) is 0.611. The lowest BCUT2D eigenvalue weighted by Crippen LogP contribution is -1.93. The van der Waals surface area contributed by atoms with E-state index in [0.717, 1.165) is 12.0 Å². The molecule has 1 unspecified atom stereocenters. The average Bonchev–Trinajstić information content (AvgIpc) is 1.84. The summed E-state index contributed by atoms with van der Waals surface area (Å²) in [5.41, 5.74) is 1.13. The van der Waals surface area contributed by atoms with E-state index in [0.29, 0.717) is 5.92 Å². The van der Waals surface area contributed by atoms with Gasteiger partial charge in [-0.15, -0.1) is 0 Å². The van der Waals surface area contributed by atoms with Crippen molar-refractivity contribution >= 4 is 0 Å². The van der Waals surface area contributed by atoms with Crippen molar-refractivity contribution in [2.75, 3.05) is 0 Å². The summed E-state index contributed by atoms with van der Waals surface area (Å²) in [5.74, 6) is 0.611. The Balaban J connectivity index is 3.46. The lowest BCUT2D eigenvalue weighted by atomic mass is 9.98. The Labute approximate surface area is 52.6 Å². The first-order valence-electron chi connectivity index (χ1n) is 3.33. The van der Waals surface area contributed by atoms with Crippen LogP contribution in [0.4, 0.5) is 0 Å². The molecule has 0 heteroatoms. The fourth-order valence-electron chi connectivity index (χ4n) is 0.611. The molecule has 8 heavy (non-hydrogen) atoms. The molecule has 0 nitrogen and oxygen atoms in total. The van der Waals surface area contributed by atoms with Crippen LogP contribution in [0.2, 0.25) is 0 Å². The van der Waals surface area contributed by atoms with Crippen LogP contribution in [0.1, 0.15) is 33.6 Å². The lowest BCUT2D eigenvalue weighted by molar-refractivity contribution is 0.634. The Morgan fingerprint density at radius 2 is 2.00 bits per heavy atom. The predicted octanol–water partition coefficient (Wildman–Crippen LogP) is 2.80. The summed E-state index contributed by atoms with van der Waals surface area (Å²) in [6.45, 7) is 12.1. The van der Waals surface area contributed by atoms with Gasteiger partial charge in [0.05, 0.1) is 0 Å². The number of rotatable bonds is 3. The first kappa shape index (κ1) is 7.74. The molecule has 0 saturated heterocycles. The van der Waals surface area contributed by atoms with Crippen molar-refractivity contribution in [2.45, 2.75) is 33.6 Å². The molecule has 0 aliphatic rings. The highest BCUT2D eigenvalue weighted by Gasteiger charge is 1.99. The van der Waals surface area contributed by atoms with Gasteiger partial charge >= 0.3 is 0 Å². The van der Waals surface area contributed by atoms with Crippen molar-refractivity contribution in [3.05, 3.63) is 12.2 Å². The van der Waals surface area contributed by atoms with Gasteiger partial charge < -0.3 is 0 Å². The van der Waals surface area contributed by atoms with Crippen molar-refractivity contribution in [2.24, 2.45) is 5.92 Å². The maximum absolute atomic E-state index is 5.64. The molecule has 0 aliphatic heterocycles. The second-order valence-electron chi connectivity index (χ2n) is 2.24. The van der Waals surface area contributed by atoms with Crippen molar-refractivity contribution in [3.63, 3.8) is 0 Å². The highest BCUT2D eigenvalue weighted by molar-refractivity contribution is 4.94. The average molecular weight is 111 g/mol. The van der Waals surface area contributed by atoms with Gasteiger partial charge in [-0.05, 0) is 18.8 Å². The third-order valence-electron chi connectivity index (χ3n) is 1.65. The summed E-state index contributed by atoms with van der Waals surface area (Å²) in [7, 11) is 0. The molecule has 0 fully saturated rings. The first-order chi connectivity index (χ1) is 3.72. The molecular weight excluding hydrogens is 96.1 g/mol. The summed E-state index contributed by atoms with van der Waals surface area (Å²) in [4.78, 5) is 0. The van der Waals surface area contributed by atoms with Gasteiger partial charge in [-0.25, -0.2) is 0 Å². The maximum atomic E-state index is 5.64. The van der Waals surface area contributed by atoms with Crippen LogP contribution in [-0.2, 0) is 0 Å². The molecular formula is C8H15. The molecule has 0 amide bonds. The van der Waals surface area contributed by atoms with Crippen molar-refractivity contribution < 1.29 is 0 Å². The van der Waals surface area contributed by atoms with Gasteiger partial charge in [0.15, 0.2) is 0 Å². The summed E-state index contributed by atoms with van der Waals surface area (Å²) in [6, 6.07) is 0. The molecule has 0 heterocycles. The monoisotopic (exact) mass is 111 g/mol. The number of allylic oxidation sites excluding steroid dienone is 1. The zero-order valence-corrected chi connectivity index (χ0v) is 6.07. The molecule has 0 spiro atoms. The van der Waals surface area contributed by atoms with Gasteiger partial charge in [0.2, 0.25) is 0 Å². The third-order valence-corrected chi connectivity index (χ3v) is 1.65. The Bertz CT molecular complexity index is 72.1. The highest BCUT2D eigenvalue weighted by atomic mass is 14.0. The number of hydrogen-bond donors (Lipinski definition) is 0. The topological polar surface area (TPSA) is 0 Å². The summed E-state index contributed by atoms with van der Waals surface area (Å²) < 4.78 is 0. The van der Waals surface area contributed by atoms with E-state index in [1.54, 1.807) is 0 Å². The molecule has 1 atom stereocenters. The van der Waals surface area contributed by atoms with E-state index in [1.807, 2.05) is 0 Å². The molecule has 1 radical (unpaired) electrons. The zero-order chi connectivity index (χ0) is 6.57. The smallest absolute Gasteiger partial charge is 0.0231 e. The minimum atomic E-state index is 0.611. The Morgan fingerprint density at radius 1 is 1.50 bits per heavy atom. The van der Waals surface area contributed by atoms with Crippen LogP contribution in [-0.4, -0.2) is 0 Å². The first-order valence-corrected chi connectivity index (χ1v) is 3.33. The van der Waals surface area contributed by atoms with Gasteiger partial charge in [-0.1, -0.05) is 32.9 Å². The third kappa shape index (κ3) is 2.15. The van der Waals surface area contributed by atoms with Crippen LogP contribution in [0.15, 0.2) is 5.57 Å². The van der Waals surface area contributed by atoms with E-state index in [9.17, 15) is 0 Å². The molecule has 0 N–H and O–H groups in total. The van der Waals surface area contributed by atoms with Gasteiger partial charge in [0, 0.05) is 0 Å². The van der Waals surface area contributed by atoms with Crippen molar-refractivity contribution in [1.29, 1.82) is 0 Å². The molecule has 0 aromatic rings. The quantitative estimate of drug-likeness (QED) is 0.525. The number of hydrogen-bond acceptors (Lipinski definition) is 0. The predicted molar refractivity (Wildman–Crippen MR) is 37.6 cm³/mol.